The number of imidazole rings is 1. The number of rotatable bonds is 5. The molecule has 10 heteroatoms. The van der Waals surface area contributed by atoms with Crippen LogP contribution in [0.5, 0.6) is 0 Å². The highest BCUT2D eigenvalue weighted by Crippen LogP contribution is 2.33. The summed E-state index contributed by atoms with van der Waals surface area (Å²) in [4.78, 5) is 21.3. The summed E-state index contributed by atoms with van der Waals surface area (Å²) < 4.78 is 56.0. The number of halogens is 5. The minimum absolute atomic E-state index is 0.00476. The second-order valence-corrected chi connectivity index (χ2v) is 9.39. The third-order valence-corrected chi connectivity index (χ3v) is 6.91. The molecule has 1 fully saturated rings. The van der Waals surface area contributed by atoms with Gasteiger partial charge < -0.3 is 14.2 Å². The van der Waals surface area contributed by atoms with Gasteiger partial charge in [0.05, 0.1) is 16.3 Å². The summed E-state index contributed by atoms with van der Waals surface area (Å²) in [7, 11) is 0. The molecule has 1 unspecified atom stereocenters. The number of fused-ring (bicyclic) bond motifs is 1. The van der Waals surface area contributed by atoms with Crippen molar-refractivity contribution in [1.82, 2.24) is 14.3 Å². The van der Waals surface area contributed by atoms with Gasteiger partial charge in [0.1, 0.15) is 11.5 Å². The first-order valence-electron chi connectivity index (χ1n) is 11.8. The van der Waals surface area contributed by atoms with E-state index in [-0.39, 0.29) is 12.3 Å². The molecule has 0 saturated carbocycles. The van der Waals surface area contributed by atoms with Crippen molar-refractivity contribution in [2.45, 2.75) is 18.5 Å². The summed E-state index contributed by atoms with van der Waals surface area (Å²) in [6.07, 6.45) is -1.10. The molecule has 3 heterocycles. The molecule has 1 atom stereocenters. The minimum Gasteiger partial charge on any atom is -0.368 e. The predicted octanol–water partition coefficient (Wildman–Crippen LogP) is 6.02. The number of carbonyl (C=O) groups is 1. The molecule has 1 aliphatic rings. The van der Waals surface area contributed by atoms with Crippen molar-refractivity contribution in [2.24, 2.45) is 0 Å². The zero-order chi connectivity index (χ0) is 26.2. The number of benzene rings is 2. The van der Waals surface area contributed by atoms with Crippen molar-refractivity contribution in [3.05, 3.63) is 101 Å². The highest BCUT2D eigenvalue weighted by Gasteiger charge is 2.32. The highest BCUT2D eigenvalue weighted by atomic mass is 35.5. The van der Waals surface area contributed by atoms with Crippen LogP contribution in [-0.4, -0.2) is 46.4 Å². The maximum absolute atomic E-state index is 14.9. The Labute approximate surface area is 215 Å². The molecule has 1 saturated heterocycles. The quantitative estimate of drug-likeness (QED) is 0.296. The van der Waals surface area contributed by atoms with Gasteiger partial charge in [-0.3, -0.25) is 4.79 Å². The Morgan fingerprint density at radius 1 is 1.00 bits per heavy atom. The molecule has 0 aliphatic carbocycles. The summed E-state index contributed by atoms with van der Waals surface area (Å²) in [5, 5.41) is 0.482. The molecule has 0 N–H and O–H groups in total. The van der Waals surface area contributed by atoms with Gasteiger partial charge in [-0.15, -0.1) is 0 Å². The van der Waals surface area contributed by atoms with Gasteiger partial charge in [0.2, 0.25) is 5.91 Å². The molecule has 1 aliphatic heterocycles. The first kappa shape index (κ1) is 25.1. The third kappa shape index (κ3) is 5.27. The molecule has 37 heavy (non-hydrogen) atoms. The molecule has 0 bridgehead atoms. The van der Waals surface area contributed by atoms with Gasteiger partial charge in [-0.05, 0) is 42.0 Å². The van der Waals surface area contributed by atoms with E-state index in [1.165, 1.54) is 12.1 Å². The number of amides is 1. The lowest BCUT2D eigenvalue weighted by Crippen LogP contribution is -2.49. The fraction of sp³-hybridized carbons (Fsp3) is 0.259. The van der Waals surface area contributed by atoms with E-state index in [0.717, 1.165) is 12.1 Å². The summed E-state index contributed by atoms with van der Waals surface area (Å²) in [5.41, 5.74) is 1.40. The molecule has 4 aromatic rings. The van der Waals surface area contributed by atoms with E-state index in [1.807, 2.05) is 4.90 Å². The van der Waals surface area contributed by atoms with Crippen LogP contribution in [0.1, 0.15) is 29.2 Å². The monoisotopic (exact) mass is 530 g/mol. The zero-order valence-electron chi connectivity index (χ0n) is 19.6. The Kier molecular flexibility index (Phi) is 6.81. The molecule has 2 aromatic heterocycles. The van der Waals surface area contributed by atoms with Crippen LogP contribution < -0.4 is 4.90 Å². The number of piperazine rings is 1. The van der Waals surface area contributed by atoms with E-state index in [9.17, 15) is 22.4 Å². The molecule has 0 radical (unpaired) electrons. The maximum atomic E-state index is 14.9. The Morgan fingerprint density at radius 2 is 1.76 bits per heavy atom. The fourth-order valence-electron chi connectivity index (χ4n) is 4.76. The molecular weight excluding hydrogens is 508 g/mol. The van der Waals surface area contributed by atoms with Gasteiger partial charge in [-0.2, -0.15) is 13.2 Å². The molecule has 0 spiro atoms. The van der Waals surface area contributed by atoms with E-state index in [0.29, 0.717) is 53.8 Å². The lowest BCUT2D eigenvalue weighted by atomic mass is 9.91. The SMILES string of the molecule is O=C(CC(c1ccccc1F)c1cnc2ccc(Cl)cn12)N1CCN(c2cccc(C(F)(F)F)c2)CC1. The number of alkyl halides is 3. The summed E-state index contributed by atoms with van der Waals surface area (Å²) in [6.45, 7) is 1.47. The van der Waals surface area contributed by atoms with Gasteiger partial charge in [-0.1, -0.05) is 35.9 Å². The van der Waals surface area contributed by atoms with E-state index in [2.05, 4.69) is 4.98 Å². The van der Waals surface area contributed by atoms with Crippen molar-refractivity contribution < 1.29 is 22.4 Å². The molecular formula is C27H23ClF4N4O. The van der Waals surface area contributed by atoms with E-state index < -0.39 is 23.5 Å². The lowest BCUT2D eigenvalue weighted by molar-refractivity contribution is -0.137. The number of hydrogen-bond donors (Lipinski definition) is 0. The molecule has 1 amide bonds. The minimum atomic E-state index is -4.42. The Balaban J connectivity index is 1.35. The molecule has 5 rings (SSSR count). The van der Waals surface area contributed by atoms with Crippen LogP contribution >= 0.6 is 11.6 Å². The molecule has 2 aromatic carbocycles. The third-order valence-electron chi connectivity index (χ3n) is 6.69. The maximum Gasteiger partial charge on any atom is 0.416 e. The lowest BCUT2D eigenvalue weighted by Gasteiger charge is -2.37. The van der Waals surface area contributed by atoms with Gasteiger partial charge >= 0.3 is 6.18 Å². The second-order valence-electron chi connectivity index (χ2n) is 8.95. The smallest absolute Gasteiger partial charge is 0.368 e. The zero-order valence-corrected chi connectivity index (χ0v) is 20.4. The van der Waals surface area contributed by atoms with Crippen molar-refractivity contribution >= 4 is 28.8 Å². The average molecular weight is 531 g/mol. The standard InChI is InChI=1S/C27H23ClF4N4O/c28-19-8-9-25-33-16-24(36(25)17-19)22(21-6-1-2-7-23(21)29)15-26(37)35-12-10-34(11-13-35)20-5-3-4-18(14-20)27(30,31)32/h1-9,14,16-17,22H,10-13,15H2. The number of nitrogens with zero attached hydrogens (tertiary/aromatic N) is 4. The van der Waals surface area contributed by atoms with Gasteiger partial charge in [-0.25, -0.2) is 9.37 Å². The van der Waals surface area contributed by atoms with Crippen LogP contribution in [0.25, 0.3) is 5.65 Å². The van der Waals surface area contributed by atoms with Crippen molar-refractivity contribution in [3.63, 3.8) is 0 Å². The summed E-state index contributed by atoms with van der Waals surface area (Å²) >= 11 is 6.19. The van der Waals surface area contributed by atoms with E-state index in [1.54, 1.807) is 58.1 Å². The normalized spacial score (nSPS) is 15.3. The summed E-state index contributed by atoms with van der Waals surface area (Å²) in [5.74, 6) is -1.20. The van der Waals surface area contributed by atoms with Gasteiger partial charge in [0.15, 0.2) is 0 Å². The van der Waals surface area contributed by atoms with E-state index in [4.69, 9.17) is 11.6 Å². The Morgan fingerprint density at radius 3 is 2.49 bits per heavy atom. The van der Waals surface area contributed by atoms with E-state index >= 15 is 0 Å². The number of anilines is 1. The number of hydrogen-bond acceptors (Lipinski definition) is 3. The van der Waals surface area contributed by atoms with Gasteiger partial charge in [0, 0.05) is 56.6 Å². The number of carbonyl (C=O) groups excluding carboxylic acids is 1. The first-order valence-corrected chi connectivity index (χ1v) is 12.2. The molecule has 192 valence electrons. The van der Waals surface area contributed by atoms with Crippen LogP contribution in [0, 0.1) is 5.82 Å². The second kappa shape index (κ2) is 10.0. The highest BCUT2D eigenvalue weighted by molar-refractivity contribution is 6.30. The number of aromatic nitrogens is 2. The fourth-order valence-corrected chi connectivity index (χ4v) is 4.92. The van der Waals surface area contributed by atoms with Gasteiger partial charge in [0.25, 0.3) is 0 Å². The van der Waals surface area contributed by atoms with Crippen LogP contribution in [0.3, 0.4) is 0 Å². The predicted molar refractivity (Wildman–Crippen MR) is 133 cm³/mol. The number of pyridine rings is 1. The van der Waals surface area contributed by atoms with Crippen LogP contribution in [0.4, 0.5) is 23.2 Å². The van der Waals surface area contributed by atoms with Crippen LogP contribution in [0.2, 0.25) is 5.02 Å². The van der Waals surface area contributed by atoms with Crippen LogP contribution in [-0.2, 0) is 11.0 Å². The average Bonchev–Trinajstić information content (AvgIpc) is 3.30. The largest absolute Gasteiger partial charge is 0.416 e. The topological polar surface area (TPSA) is 40.9 Å². The van der Waals surface area contributed by atoms with Crippen molar-refractivity contribution in [2.75, 3.05) is 31.1 Å². The Hall–Kier alpha value is -3.59. The first-order chi connectivity index (χ1) is 17.7. The summed E-state index contributed by atoms with van der Waals surface area (Å²) in [6, 6.07) is 15.0. The molecule has 5 nitrogen and oxygen atoms in total. The van der Waals surface area contributed by atoms with Crippen molar-refractivity contribution in [3.8, 4) is 0 Å². The van der Waals surface area contributed by atoms with Crippen LogP contribution in [0.15, 0.2) is 73.1 Å². The van der Waals surface area contributed by atoms with Crippen molar-refractivity contribution in [1.29, 1.82) is 0 Å². The Bertz CT molecular complexity index is 1430.